The molecule has 0 saturated heterocycles. The molecule has 2 nitrogen and oxygen atoms in total. The van der Waals surface area contributed by atoms with Crippen molar-refractivity contribution in [3.8, 4) is 0 Å². The maximum Gasteiger partial charge on any atom is 0.123 e. The minimum atomic E-state index is -0.177. The molecule has 1 aliphatic carbocycles. The number of nitrogens with zero attached hydrogens (tertiary/aromatic N) is 1. The van der Waals surface area contributed by atoms with E-state index in [1.165, 1.54) is 18.9 Å². The number of hydrogen-bond acceptors (Lipinski definition) is 2. The van der Waals surface area contributed by atoms with Crippen LogP contribution in [-0.4, -0.2) is 24.5 Å². The van der Waals surface area contributed by atoms with Crippen molar-refractivity contribution in [3.05, 3.63) is 35.6 Å². The summed E-state index contributed by atoms with van der Waals surface area (Å²) in [6, 6.07) is 6.96. The molecular formula is C14H21FN2. The van der Waals surface area contributed by atoms with Crippen LogP contribution in [0.15, 0.2) is 24.3 Å². The zero-order valence-electron chi connectivity index (χ0n) is 10.4. The van der Waals surface area contributed by atoms with E-state index in [0.717, 1.165) is 24.6 Å². The van der Waals surface area contributed by atoms with Crippen LogP contribution in [0.5, 0.6) is 0 Å². The lowest BCUT2D eigenvalue weighted by atomic mass is 10.0. The van der Waals surface area contributed by atoms with Crippen molar-refractivity contribution in [2.24, 2.45) is 11.7 Å². The molecule has 0 bridgehead atoms. The zero-order chi connectivity index (χ0) is 12.3. The van der Waals surface area contributed by atoms with Gasteiger partial charge in [-0.05, 0) is 43.0 Å². The van der Waals surface area contributed by atoms with Gasteiger partial charge in [0.2, 0.25) is 0 Å². The Kier molecular flexibility index (Phi) is 4.13. The first-order valence-corrected chi connectivity index (χ1v) is 6.44. The Morgan fingerprint density at radius 1 is 1.47 bits per heavy atom. The minimum absolute atomic E-state index is 0.149. The predicted octanol–water partition coefficient (Wildman–Crippen LogP) is 2.56. The van der Waals surface area contributed by atoms with Gasteiger partial charge in [-0.15, -0.1) is 0 Å². The standard InChI is InChI=1S/C14H21FN2/c1-2-17(10-11-6-7-11)14(9-16)12-4-3-5-13(15)8-12/h3-5,8,11,14H,2,6-7,9-10,16H2,1H3. The Bertz CT molecular complexity index is 363. The van der Waals surface area contributed by atoms with E-state index in [0.29, 0.717) is 6.54 Å². The molecule has 1 atom stereocenters. The van der Waals surface area contributed by atoms with Gasteiger partial charge in [-0.25, -0.2) is 4.39 Å². The summed E-state index contributed by atoms with van der Waals surface area (Å²) in [5.41, 5.74) is 6.86. The van der Waals surface area contributed by atoms with Crippen LogP contribution in [0.2, 0.25) is 0 Å². The van der Waals surface area contributed by atoms with E-state index in [2.05, 4.69) is 11.8 Å². The van der Waals surface area contributed by atoms with Crippen LogP contribution in [-0.2, 0) is 0 Å². The first-order chi connectivity index (χ1) is 8.24. The molecule has 0 spiro atoms. The maximum absolute atomic E-state index is 13.2. The third-order valence-electron chi connectivity index (χ3n) is 3.49. The van der Waals surface area contributed by atoms with Crippen molar-refractivity contribution in [1.82, 2.24) is 4.90 Å². The van der Waals surface area contributed by atoms with E-state index in [-0.39, 0.29) is 11.9 Å². The molecule has 0 amide bonds. The lowest BCUT2D eigenvalue weighted by Crippen LogP contribution is -2.35. The first-order valence-electron chi connectivity index (χ1n) is 6.44. The summed E-state index contributed by atoms with van der Waals surface area (Å²) in [6.45, 7) is 4.75. The summed E-state index contributed by atoms with van der Waals surface area (Å²) in [7, 11) is 0. The van der Waals surface area contributed by atoms with Gasteiger partial charge in [0.1, 0.15) is 5.82 Å². The summed E-state index contributed by atoms with van der Waals surface area (Å²) in [4.78, 5) is 2.37. The Hall–Kier alpha value is -0.930. The second-order valence-electron chi connectivity index (χ2n) is 4.84. The van der Waals surface area contributed by atoms with Crippen LogP contribution in [0, 0.1) is 11.7 Å². The molecule has 1 aromatic rings. The number of hydrogen-bond donors (Lipinski definition) is 1. The molecule has 0 heterocycles. The zero-order valence-corrected chi connectivity index (χ0v) is 10.4. The topological polar surface area (TPSA) is 29.3 Å². The number of benzene rings is 1. The molecular weight excluding hydrogens is 215 g/mol. The van der Waals surface area contributed by atoms with E-state index in [9.17, 15) is 4.39 Å². The van der Waals surface area contributed by atoms with Crippen molar-refractivity contribution in [2.45, 2.75) is 25.8 Å². The molecule has 94 valence electrons. The Labute approximate surface area is 103 Å². The highest BCUT2D eigenvalue weighted by Gasteiger charge is 2.27. The Balaban J connectivity index is 2.12. The number of rotatable bonds is 6. The van der Waals surface area contributed by atoms with Crippen LogP contribution >= 0.6 is 0 Å². The lowest BCUT2D eigenvalue weighted by molar-refractivity contribution is 0.203. The molecule has 17 heavy (non-hydrogen) atoms. The SMILES string of the molecule is CCN(CC1CC1)C(CN)c1cccc(F)c1. The minimum Gasteiger partial charge on any atom is -0.329 e. The molecule has 1 aromatic carbocycles. The maximum atomic E-state index is 13.2. The molecule has 0 aliphatic heterocycles. The monoisotopic (exact) mass is 236 g/mol. The summed E-state index contributed by atoms with van der Waals surface area (Å²) in [5.74, 6) is 0.654. The fraction of sp³-hybridized carbons (Fsp3) is 0.571. The Morgan fingerprint density at radius 2 is 2.24 bits per heavy atom. The molecule has 0 radical (unpaired) electrons. The molecule has 1 unspecified atom stereocenters. The number of nitrogens with two attached hydrogens (primary N) is 1. The van der Waals surface area contributed by atoms with Crippen LogP contribution < -0.4 is 5.73 Å². The molecule has 2 N–H and O–H groups in total. The van der Waals surface area contributed by atoms with Gasteiger partial charge < -0.3 is 5.73 Å². The molecule has 3 heteroatoms. The predicted molar refractivity (Wildman–Crippen MR) is 68.2 cm³/mol. The van der Waals surface area contributed by atoms with E-state index in [1.807, 2.05) is 6.07 Å². The largest absolute Gasteiger partial charge is 0.329 e. The van der Waals surface area contributed by atoms with E-state index >= 15 is 0 Å². The average Bonchev–Trinajstić information content (AvgIpc) is 3.13. The average molecular weight is 236 g/mol. The van der Waals surface area contributed by atoms with Crippen LogP contribution in [0.3, 0.4) is 0 Å². The molecule has 1 saturated carbocycles. The van der Waals surface area contributed by atoms with Gasteiger partial charge in [0, 0.05) is 19.1 Å². The van der Waals surface area contributed by atoms with Crippen LogP contribution in [0.4, 0.5) is 4.39 Å². The normalized spacial score (nSPS) is 17.4. The summed E-state index contributed by atoms with van der Waals surface area (Å²) in [6.07, 6.45) is 2.66. The number of likely N-dealkylation sites (N-methyl/N-ethyl adjacent to an activating group) is 1. The highest BCUT2D eigenvalue weighted by Crippen LogP contribution is 2.32. The molecule has 1 fully saturated rings. The van der Waals surface area contributed by atoms with Crippen molar-refractivity contribution >= 4 is 0 Å². The van der Waals surface area contributed by atoms with Gasteiger partial charge in [-0.3, -0.25) is 4.90 Å². The van der Waals surface area contributed by atoms with Gasteiger partial charge in [0.15, 0.2) is 0 Å². The highest BCUT2D eigenvalue weighted by molar-refractivity contribution is 5.20. The van der Waals surface area contributed by atoms with Crippen LogP contribution in [0.1, 0.15) is 31.4 Å². The summed E-state index contributed by atoms with van der Waals surface area (Å²) in [5, 5.41) is 0. The lowest BCUT2D eigenvalue weighted by Gasteiger charge is -2.30. The van der Waals surface area contributed by atoms with Gasteiger partial charge in [-0.2, -0.15) is 0 Å². The highest BCUT2D eigenvalue weighted by atomic mass is 19.1. The second kappa shape index (κ2) is 5.61. The van der Waals surface area contributed by atoms with Crippen molar-refractivity contribution in [3.63, 3.8) is 0 Å². The van der Waals surface area contributed by atoms with Gasteiger partial charge in [-0.1, -0.05) is 19.1 Å². The quantitative estimate of drug-likeness (QED) is 0.822. The molecule has 1 aliphatic rings. The van der Waals surface area contributed by atoms with E-state index < -0.39 is 0 Å². The van der Waals surface area contributed by atoms with E-state index in [1.54, 1.807) is 12.1 Å². The smallest absolute Gasteiger partial charge is 0.123 e. The fourth-order valence-corrected chi connectivity index (χ4v) is 2.32. The molecule has 2 rings (SSSR count). The summed E-state index contributed by atoms with van der Waals surface area (Å²) < 4.78 is 13.2. The van der Waals surface area contributed by atoms with Crippen molar-refractivity contribution < 1.29 is 4.39 Å². The third-order valence-corrected chi connectivity index (χ3v) is 3.49. The van der Waals surface area contributed by atoms with Crippen LogP contribution in [0.25, 0.3) is 0 Å². The third kappa shape index (κ3) is 3.27. The first kappa shape index (κ1) is 12.5. The second-order valence-corrected chi connectivity index (χ2v) is 4.84. The van der Waals surface area contributed by atoms with Crippen molar-refractivity contribution in [2.75, 3.05) is 19.6 Å². The number of halogens is 1. The summed E-state index contributed by atoms with van der Waals surface area (Å²) >= 11 is 0. The van der Waals surface area contributed by atoms with Crippen molar-refractivity contribution in [1.29, 1.82) is 0 Å². The Morgan fingerprint density at radius 3 is 2.76 bits per heavy atom. The molecule has 0 aromatic heterocycles. The fourth-order valence-electron chi connectivity index (χ4n) is 2.32. The van der Waals surface area contributed by atoms with Gasteiger partial charge in [0.05, 0.1) is 0 Å². The van der Waals surface area contributed by atoms with Gasteiger partial charge >= 0.3 is 0 Å². The van der Waals surface area contributed by atoms with E-state index in [4.69, 9.17) is 5.73 Å². The van der Waals surface area contributed by atoms with Gasteiger partial charge in [0.25, 0.3) is 0 Å².